The highest BCUT2D eigenvalue weighted by Gasteiger charge is 2.58. The van der Waals surface area contributed by atoms with E-state index in [9.17, 15) is 74.9 Å². The smallest absolute Gasteiger partial charge is 0.463 e. The fourth-order valence-electron chi connectivity index (χ4n) is 13.1. The normalized spacial score (nSPS) is 27.6. The molecule has 0 spiro atoms. The summed E-state index contributed by atoms with van der Waals surface area (Å²) in [7, 11) is -5.69. The van der Waals surface area contributed by atoms with Gasteiger partial charge >= 0.3 is 25.7 Å². The Morgan fingerprint density at radius 2 is 0.653 bits per heavy atom. The molecule has 0 aromatic rings. The van der Waals surface area contributed by atoms with Crippen LogP contribution >= 0.6 is 7.82 Å². The average molecular weight is 1430 g/mol. The van der Waals surface area contributed by atoms with Gasteiger partial charge in [0.25, 0.3) is 0 Å². The summed E-state index contributed by atoms with van der Waals surface area (Å²) >= 11 is 0. The lowest BCUT2D eigenvalue weighted by Gasteiger charge is -2.49. The molecule has 2 aliphatic heterocycles. The fourth-order valence-corrected chi connectivity index (χ4v) is 14.0. The molecule has 0 radical (unpaired) electrons. The van der Waals surface area contributed by atoms with Crippen molar-refractivity contribution in [1.29, 1.82) is 0 Å². The molecule has 1 aliphatic carbocycles. The van der Waals surface area contributed by atoms with E-state index < -0.39 is 156 Å². The Balaban J connectivity index is 1.72. The molecule has 578 valence electrons. The lowest BCUT2D eigenvalue weighted by Crippen LogP contribution is -2.69. The first-order valence-corrected chi connectivity index (χ1v) is 40.3. The van der Waals surface area contributed by atoms with E-state index in [-0.39, 0.29) is 19.3 Å². The predicted molar refractivity (Wildman–Crippen MR) is 370 cm³/mol. The quantitative estimate of drug-likeness (QED) is 0.0117. The van der Waals surface area contributed by atoms with Crippen LogP contribution in [-0.4, -0.2) is 204 Å². The highest BCUT2D eigenvalue weighted by molar-refractivity contribution is 7.47. The Morgan fingerprint density at radius 1 is 0.357 bits per heavy atom. The Bertz CT molecular complexity index is 2030. The second-order valence-corrected chi connectivity index (χ2v) is 29.5. The molecular formula is C73H137O24P. The van der Waals surface area contributed by atoms with Crippen LogP contribution in [0.5, 0.6) is 0 Å². The van der Waals surface area contributed by atoms with E-state index in [4.69, 9.17) is 42.2 Å². The van der Waals surface area contributed by atoms with Gasteiger partial charge in [-0.25, -0.2) is 4.57 Å². The number of aliphatic hydroxyl groups is 10. The van der Waals surface area contributed by atoms with Crippen LogP contribution in [0.25, 0.3) is 0 Å². The van der Waals surface area contributed by atoms with Crippen LogP contribution in [0.15, 0.2) is 0 Å². The molecule has 3 aliphatic rings. The molecule has 0 amide bonds. The minimum Gasteiger partial charge on any atom is -0.463 e. The molecule has 2 saturated heterocycles. The number of esters is 3. The molecular weight excluding hydrogens is 1290 g/mol. The van der Waals surface area contributed by atoms with E-state index in [1.165, 1.54) is 167 Å². The number of hydrogen-bond acceptors (Lipinski definition) is 23. The third-order valence-corrected chi connectivity index (χ3v) is 20.4. The van der Waals surface area contributed by atoms with Gasteiger partial charge in [0.2, 0.25) is 0 Å². The third-order valence-electron chi connectivity index (χ3n) is 19.4. The number of unbranched alkanes of at least 4 members (excludes halogenated alkanes) is 40. The summed E-state index contributed by atoms with van der Waals surface area (Å²) in [6, 6.07) is 0. The second kappa shape index (κ2) is 55.4. The highest BCUT2D eigenvalue weighted by Crippen LogP contribution is 2.49. The molecule has 1 saturated carbocycles. The van der Waals surface area contributed by atoms with Crippen molar-refractivity contribution < 1.29 is 117 Å². The van der Waals surface area contributed by atoms with Crippen molar-refractivity contribution in [3.05, 3.63) is 0 Å². The molecule has 0 aromatic carbocycles. The maximum absolute atomic E-state index is 14.3. The van der Waals surface area contributed by atoms with Crippen LogP contribution in [0.2, 0.25) is 0 Å². The Morgan fingerprint density at radius 3 is 1.00 bits per heavy atom. The van der Waals surface area contributed by atoms with Gasteiger partial charge in [-0.05, 0) is 19.3 Å². The molecule has 24 nitrogen and oxygen atoms in total. The summed E-state index contributed by atoms with van der Waals surface area (Å²) in [4.78, 5) is 51.0. The summed E-state index contributed by atoms with van der Waals surface area (Å²) in [6.07, 6.45) is 13.0. The van der Waals surface area contributed by atoms with Gasteiger partial charge in [-0.1, -0.05) is 278 Å². The van der Waals surface area contributed by atoms with Crippen LogP contribution in [0.1, 0.15) is 316 Å². The van der Waals surface area contributed by atoms with Crippen molar-refractivity contribution in [3.8, 4) is 0 Å². The third kappa shape index (κ3) is 38.1. The van der Waals surface area contributed by atoms with Crippen molar-refractivity contribution in [2.24, 2.45) is 0 Å². The van der Waals surface area contributed by atoms with E-state index in [0.29, 0.717) is 19.3 Å². The first-order chi connectivity index (χ1) is 47.3. The molecule has 0 bridgehead atoms. The van der Waals surface area contributed by atoms with Gasteiger partial charge in [0.1, 0.15) is 98.7 Å². The monoisotopic (exact) mass is 1430 g/mol. The van der Waals surface area contributed by atoms with Gasteiger partial charge < -0.3 is 89.1 Å². The van der Waals surface area contributed by atoms with Gasteiger partial charge in [-0.3, -0.25) is 23.4 Å². The van der Waals surface area contributed by atoms with Crippen molar-refractivity contribution in [1.82, 2.24) is 0 Å². The van der Waals surface area contributed by atoms with Crippen molar-refractivity contribution >= 4 is 25.7 Å². The molecule has 18 atom stereocenters. The van der Waals surface area contributed by atoms with Gasteiger partial charge in [-0.15, -0.1) is 0 Å². The van der Waals surface area contributed by atoms with E-state index in [1.54, 1.807) is 0 Å². The molecule has 0 aromatic heterocycles. The Kier molecular flexibility index (Phi) is 51.0. The zero-order valence-corrected chi connectivity index (χ0v) is 61.2. The molecule has 98 heavy (non-hydrogen) atoms. The minimum absolute atomic E-state index is 0.0327. The first kappa shape index (κ1) is 90.2. The number of carbonyl (C=O) groups excluding carboxylic acids is 3. The molecule has 3 rings (SSSR count). The van der Waals surface area contributed by atoms with Crippen molar-refractivity contribution in [2.45, 2.75) is 420 Å². The van der Waals surface area contributed by atoms with Crippen LogP contribution < -0.4 is 0 Å². The zero-order valence-electron chi connectivity index (χ0n) is 60.3. The Hall–Kier alpha value is -2.04. The van der Waals surface area contributed by atoms with Crippen LogP contribution in [0.4, 0.5) is 0 Å². The average Bonchev–Trinajstić information content (AvgIpc) is 0.762. The van der Waals surface area contributed by atoms with E-state index in [0.717, 1.165) is 89.9 Å². The summed E-state index contributed by atoms with van der Waals surface area (Å²) in [5.41, 5.74) is 0. The summed E-state index contributed by atoms with van der Waals surface area (Å²) in [6.45, 7) is 3.48. The zero-order chi connectivity index (χ0) is 71.8. The van der Waals surface area contributed by atoms with Gasteiger partial charge in [0.15, 0.2) is 18.7 Å². The van der Waals surface area contributed by atoms with Gasteiger partial charge in [0.05, 0.1) is 13.2 Å². The molecule has 11 N–H and O–H groups in total. The second-order valence-electron chi connectivity index (χ2n) is 28.1. The number of phosphoric acid groups is 1. The van der Waals surface area contributed by atoms with Crippen LogP contribution in [0.3, 0.4) is 0 Å². The molecule has 2 heterocycles. The minimum atomic E-state index is -5.69. The van der Waals surface area contributed by atoms with E-state index in [2.05, 4.69) is 20.8 Å². The topological polar surface area (TPSA) is 374 Å². The molecule has 18 unspecified atom stereocenters. The van der Waals surface area contributed by atoms with Gasteiger partial charge in [0, 0.05) is 19.3 Å². The Labute approximate surface area is 587 Å². The lowest BCUT2D eigenvalue weighted by molar-refractivity contribution is -0.360. The van der Waals surface area contributed by atoms with Crippen molar-refractivity contribution in [3.63, 3.8) is 0 Å². The number of ether oxygens (including phenoxy) is 7. The number of hydrogen-bond donors (Lipinski definition) is 11. The lowest BCUT2D eigenvalue weighted by atomic mass is 9.84. The predicted octanol–water partition coefficient (Wildman–Crippen LogP) is 11.0. The van der Waals surface area contributed by atoms with Gasteiger partial charge in [-0.2, -0.15) is 0 Å². The fraction of sp³-hybridized carbons (Fsp3) is 0.959. The number of rotatable bonds is 61. The first-order valence-electron chi connectivity index (χ1n) is 38.8. The highest BCUT2D eigenvalue weighted by atomic mass is 31.2. The summed E-state index contributed by atoms with van der Waals surface area (Å²) < 4.78 is 65.1. The maximum Gasteiger partial charge on any atom is 0.472 e. The number of aliphatic hydroxyl groups excluding tert-OH is 10. The standard InChI is InChI=1S/C73H137O24P/c1-4-7-10-13-16-19-22-25-27-28-31-34-37-40-43-46-49-59(77)92-54(51-89-57(75)47-44-41-38-35-33-30-26-23-20-17-14-11-8-5-2)52-91-98(87,88)97-71-69(95-72-67(85)62(80)60(78)55(50-74)93-72)65(83)64(82)66(84)70(71)96-73-68(86)63(81)61(79)56(94-73)53-90-58(76)48-45-42-39-36-32-29-24-21-18-15-12-9-6-3/h54-56,60-74,78-86H,4-53H2,1-3H3,(H,87,88). The summed E-state index contributed by atoms with van der Waals surface area (Å²) in [5.74, 6) is -1.97. The molecule has 3 fully saturated rings. The summed E-state index contributed by atoms with van der Waals surface area (Å²) in [5, 5.41) is 110. The maximum atomic E-state index is 14.3. The SMILES string of the molecule is CCCCCCCCCCCCCCCCCCC(=O)OC(COC(=O)CCCCCCCCCCCCCCCC)COP(=O)(O)OC1C(OC2OC(CO)C(O)C(O)C2O)C(O)C(O)C(O)C1OC1OC(COC(=O)CCCCCCCCCCCCCCC)C(O)C(O)C1O. The molecule has 25 heteroatoms. The number of carbonyl (C=O) groups is 3. The van der Waals surface area contributed by atoms with Crippen molar-refractivity contribution in [2.75, 3.05) is 26.4 Å². The van der Waals surface area contributed by atoms with Crippen LogP contribution in [-0.2, 0) is 61.2 Å². The number of phosphoric ester groups is 1. The van der Waals surface area contributed by atoms with E-state index in [1.807, 2.05) is 0 Å². The largest absolute Gasteiger partial charge is 0.472 e. The van der Waals surface area contributed by atoms with Crippen LogP contribution in [0, 0.1) is 0 Å². The van der Waals surface area contributed by atoms with E-state index >= 15 is 0 Å².